The third kappa shape index (κ3) is 1.93. The number of hydrogen-bond acceptors (Lipinski definition) is 3. The summed E-state index contributed by atoms with van der Waals surface area (Å²) in [5.74, 6) is 1.87. The summed E-state index contributed by atoms with van der Waals surface area (Å²) in [5.41, 5.74) is 0.915. The zero-order valence-electron chi connectivity index (χ0n) is 10.3. The van der Waals surface area contributed by atoms with Crippen molar-refractivity contribution in [2.45, 2.75) is 38.8 Å². The first-order valence-corrected chi connectivity index (χ1v) is 6.30. The highest BCUT2D eigenvalue weighted by Gasteiger charge is 2.27. The molecule has 1 unspecified atom stereocenters. The van der Waals surface area contributed by atoms with E-state index in [1.54, 1.807) is 0 Å². The van der Waals surface area contributed by atoms with Crippen molar-refractivity contribution in [2.24, 2.45) is 5.92 Å². The second kappa shape index (κ2) is 4.11. The number of aromatic nitrogens is 3. The number of rotatable bonds is 3. The minimum Gasteiger partial charge on any atom is -0.305 e. The van der Waals surface area contributed by atoms with Gasteiger partial charge < -0.3 is 5.32 Å². The summed E-state index contributed by atoms with van der Waals surface area (Å²) in [5, 5.41) is 12.1. The van der Waals surface area contributed by atoms with Crippen molar-refractivity contribution in [2.75, 3.05) is 0 Å². The van der Waals surface area contributed by atoms with E-state index in [0.29, 0.717) is 6.04 Å². The van der Waals surface area contributed by atoms with E-state index in [0.717, 1.165) is 17.4 Å². The molecule has 0 aliphatic heterocycles. The maximum Gasteiger partial charge on any atom is 0.160 e. The van der Waals surface area contributed by atoms with Gasteiger partial charge in [0.1, 0.15) is 0 Å². The maximum atomic E-state index is 4.28. The topological polar surface area (TPSA) is 42.2 Å². The third-order valence-electron chi connectivity index (χ3n) is 3.59. The summed E-state index contributed by atoms with van der Waals surface area (Å²) >= 11 is 0. The fourth-order valence-electron chi connectivity index (χ4n) is 2.62. The molecule has 0 bridgehead atoms. The first-order chi connectivity index (χ1) is 8.24. The Hall–Kier alpha value is -1.42. The molecule has 0 saturated heterocycles. The van der Waals surface area contributed by atoms with Gasteiger partial charge in [0.15, 0.2) is 11.5 Å². The van der Waals surface area contributed by atoms with Crippen LogP contribution in [0, 0.1) is 5.92 Å². The second-order valence-electron chi connectivity index (χ2n) is 5.15. The summed E-state index contributed by atoms with van der Waals surface area (Å²) in [7, 11) is 0. The molecule has 17 heavy (non-hydrogen) atoms. The van der Waals surface area contributed by atoms with Crippen LogP contribution < -0.4 is 5.32 Å². The molecule has 0 spiro atoms. The van der Waals surface area contributed by atoms with Crippen LogP contribution in [0.25, 0.3) is 5.65 Å². The van der Waals surface area contributed by atoms with Crippen molar-refractivity contribution in [1.29, 1.82) is 0 Å². The number of hydrogen-bond donors (Lipinski definition) is 1. The van der Waals surface area contributed by atoms with Crippen LogP contribution in [0.4, 0.5) is 0 Å². The number of pyridine rings is 1. The first-order valence-electron chi connectivity index (χ1n) is 6.30. The predicted molar refractivity (Wildman–Crippen MR) is 66.7 cm³/mol. The van der Waals surface area contributed by atoms with E-state index in [9.17, 15) is 0 Å². The lowest BCUT2D eigenvalue weighted by Crippen LogP contribution is -2.41. The molecular weight excluding hydrogens is 212 g/mol. The minimum atomic E-state index is 0.255. The van der Waals surface area contributed by atoms with Crippen molar-refractivity contribution >= 4 is 5.65 Å². The molecule has 2 heterocycles. The van der Waals surface area contributed by atoms with Gasteiger partial charge in [-0.2, -0.15) is 0 Å². The standard InChI is InChI=1S/C13H18N4/c1-9-7-11(8-9)14-10(2)13-16-15-12-5-3-4-6-17(12)13/h3-6,9-11,14H,7-8H2,1-2H3. The quantitative estimate of drug-likeness (QED) is 0.878. The van der Waals surface area contributed by atoms with Crippen LogP contribution in [0.3, 0.4) is 0 Å². The highest BCUT2D eigenvalue weighted by molar-refractivity contribution is 5.37. The average Bonchev–Trinajstić information content (AvgIpc) is 2.70. The van der Waals surface area contributed by atoms with E-state index in [1.807, 2.05) is 24.4 Å². The molecule has 1 saturated carbocycles. The summed E-state index contributed by atoms with van der Waals surface area (Å²) in [6, 6.07) is 6.88. The summed E-state index contributed by atoms with van der Waals surface area (Å²) in [6.45, 7) is 4.46. The lowest BCUT2D eigenvalue weighted by Gasteiger charge is -2.35. The van der Waals surface area contributed by atoms with Crippen molar-refractivity contribution < 1.29 is 0 Å². The van der Waals surface area contributed by atoms with Crippen LogP contribution in [0.2, 0.25) is 0 Å². The van der Waals surface area contributed by atoms with Crippen molar-refractivity contribution in [1.82, 2.24) is 19.9 Å². The minimum absolute atomic E-state index is 0.255. The van der Waals surface area contributed by atoms with Gasteiger partial charge >= 0.3 is 0 Å². The zero-order chi connectivity index (χ0) is 11.8. The van der Waals surface area contributed by atoms with Gasteiger partial charge in [-0.05, 0) is 37.8 Å². The number of nitrogens with zero attached hydrogens (tertiary/aromatic N) is 3. The van der Waals surface area contributed by atoms with Crippen LogP contribution in [0.15, 0.2) is 24.4 Å². The third-order valence-corrected chi connectivity index (χ3v) is 3.59. The van der Waals surface area contributed by atoms with E-state index in [2.05, 4.69) is 33.8 Å². The van der Waals surface area contributed by atoms with Crippen LogP contribution in [-0.4, -0.2) is 20.6 Å². The fraction of sp³-hybridized carbons (Fsp3) is 0.538. The largest absolute Gasteiger partial charge is 0.305 e. The van der Waals surface area contributed by atoms with Gasteiger partial charge in [-0.15, -0.1) is 10.2 Å². The van der Waals surface area contributed by atoms with Crippen molar-refractivity contribution in [3.63, 3.8) is 0 Å². The Bertz CT molecular complexity index is 513. The van der Waals surface area contributed by atoms with Crippen molar-refractivity contribution in [3.05, 3.63) is 30.2 Å². The molecule has 0 amide bonds. The fourth-order valence-corrected chi connectivity index (χ4v) is 2.62. The molecular formula is C13H18N4. The van der Waals surface area contributed by atoms with E-state index in [1.165, 1.54) is 12.8 Å². The summed E-state index contributed by atoms with van der Waals surface area (Å²) in [4.78, 5) is 0. The molecule has 3 rings (SSSR count). The van der Waals surface area contributed by atoms with Gasteiger partial charge in [0.05, 0.1) is 6.04 Å². The Morgan fingerprint density at radius 1 is 1.35 bits per heavy atom. The number of fused-ring (bicyclic) bond motifs is 1. The molecule has 2 aromatic heterocycles. The molecule has 0 radical (unpaired) electrons. The van der Waals surface area contributed by atoms with E-state index < -0.39 is 0 Å². The molecule has 1 N–H and O–H groups in total. The van der Waals surface area contributed by atoms with E-state index >= 15 is 0 Å². The predicted octanol–water partition coefficient (Wildman–Crippen LogP) is 2.18. The van der Waals surface area contributed by atoms with Gasteiger partial charge in [-0.1, -0.05) is 13.0 Å². The molecule has 2 aromatic rings. The van der Waals surface area contributed by atoms with Crippen LogP contribution in [-0.2, 0) is 0 Å². The molecule has 4 heteroatoms. The molecule has 90 valence electrons. The Morgan fingerprint density at radius 2 is 2.18 bits per heavy atom. The molecule has 1 atom stereocenters. The van der Waals surface area contributed by atoms with Crippen LogP contribution in [0.5, 0.6) is 0 Å². The molecule has 1 fully saturated rings. The highest BCUT2D eigenvalue weighted by atomic mass is 15.3. The van der Waals surface area contributed by atoms with Gasteiger partial charge in [-0.3, -0.25) is 4.40 Å². The summed E-state index contributed by atoms with van der Waals surface area (Å²) < 4.78 is 2.06. The van der Waals surface area contributed by atoms with Crippen molar-refractivity contribution in [3.8, 4) is 0 Å². The molecule has 1 aliphatic rings. The van der Waals surface area contributed by atoms with Crippen LogP contribution >= 0.6 is 0 Å². The summed E-state index contributed by atoms with van der Waals surface area (Å²) in [6.07, 6.45) is 4.58. The molecule has 0 aromatic carbocycles. The van der Waals surface area contributed by atoms with Gasteiger partial charge in [0, 0.05) is 12.2 Å². The lowest BCUT2D eigenvalue weighted by molar-refractivity contribution is 0.224. The van der Waals surface area contributed by atoms with Crippen LogP contribution in [0.1, 0.15) is 38.6 Å². The van der Waals surface area contributed by atoms with Gasteiger partial charge in [0.2, 0.25) is 0 Å². The smallest absolute Gasteiger partial charge is 0.160 e. The second-order valence-corrected chi connectivity index (χ2v) is 5.15. The Morgan fingerprint density at radius 3 is 2.94 bits per heavy atom. The monoisotopic (exact) mass is 230 g/mol. The lowest BCUT2D eigenvalue weighted by atomic mass is 9.81. The Balaban J connectivity index is 1.78. The Kier molecular flexibility index (Phi) is 2.59. The molecule has 1 aliphatic carbocycles. The SMILES string of the molecule is CC1CC(NC(C)c2nnc3ccccn23)C1. The number of nitrogens with one attached hydrogen (secondary N) is 1. The average molecular weight is 230 g/mol. The normalized spacial score (nSPS) is 25.8. The first kappa shape index (κ1) is 10.7. The van der Waals surface area contributed by atoms with Gasteiger partial charge in [0.25, 0.3) is 0 Å². The maximum absolute atomic E-state index is 4.28. The highest BCUT2D eigenvalue weighted by Crippen LogP contribution is 2.28. The van der Waals surface area contributed by atoms with E-state index in [4.69, 9.17) is 0 Å². The Labute approximate surface area is 101 Å². The molecule has 4 nitrogen and oxygen atoms in total. The zero-order valence-corrected chi connectivity index (χ0v) is 10.3. The van der Waals surface area contributed by atoms with Gasteiger partial charge in [-0.25, -0.2) is 0 Å². The van der Waals surface area contributed by atoms with E-state index in [-0.39, 0.29) is 6.04 Å².